The third-order valence-electron chi connectivity index (χ3n) is 7.72. The summed E-state index contributed by atoms with van der Waals surface area (Å²) in [6, 6.07) is 21.0. The molecule has 0 saturated carbocycles. The minimum atomic E-state index is 0.253. The van der Waals surface area contributed by atoms with Crippen LogP contribution in [-0.2, 0) is 13.0 Å². The first-order chi connectivity index (χ1) is 18.0. The monoisotopic (exact) mass is 510 g/mol. The summed E-state index contributed by atoms with van der Waals surface area (Å²) in [4.78, 5) is 24.9. The molecule has 1 saturated heterocycles. The SMILES string of the molecule is Cc1nc(NC2CCN(Cc3ccc(Cl)cc3)CC2)nc2ccc(-c3cccc4c3C(=O)CCC4)cc12. The van der Waals surface area contributed by atoms with Crippen molar-refractivity contribution in [3.05, 3.63) is 88.1 Å². The van der Waals surface area contributed by atoms with E-state index < -0.39 is 0 Å². The molecular formula is C31H31ClN4O. The van der Waals surface area contributed by atoms with Gasteiger partial charge in [-0.3, -0.25) is 9.69 Å². The smallest absolute Gasteiger partial charge is 0.223 e. The number of hydrogen-bond donors (Lipinski definition) is 1. The van der Waals surface area contributed by atoms with E-state index in [-0.39, 0.29) is 5.78 Å². The zero-order valence-corrected chi connectivity index (χ0v) is 21.9. The van der Waals surface area contributed by atoms with Crippen LogP contribution in [0.25, 0.3) is 22.0 Å². The summed E-state index contributed by atoms with van der Waals surface area (Å²) >= 11 is 6.02. The molecule has 0 spiro atoms. The molecule has 0 bridgehead atoms. The Balaban J connectivity index is 1.16. The molecule has 5 nitrogen and oxygen atoms in total. The van der Waals surface area contributed by atoms with E-state index in [4.69, 9.17) is 21.6 Å². The van der Waals surface area contributed by atoms with Gasteiger partial charge in [0.25, 0.3) is 0 Å². The zero-order chi connectivity index (χ0) is 25.4. The largest absolute Gasteiger partial charge is 0.351 e. The normalized spacial score (nSPS) is 16.6. The number of hydrogen-bond acceptors (Lipinski definition) is 5. The highest BCUT2D eigenvalue weighted by atomic mass is 35.5. The Morgan fingerprint density at radius 2 is 1.81 bits per heavy atom. The van der Waals surface area contributed by atoms with E-state index in [0.29, 0.717) is 18.4 Å². The first kappa shape index (κ1) is 24.1. The molecule has 3 aromatic carbocycles. The lowest BCUT2D eigenvalue weighted by molar-refractivity contribution is 0.0973. The number of anilines is 1. The van der Waals surface area contributed by atoms with Crippen molar-refractivity contribution in [3.63, 3.8) is 0 Å². The molecule has 6 heteroatoms. The van der Waals surface area contributed by atoms with Gasteiger partial charge in [-0.1, -0.05) is 48.0 Å². The molecule has 0 radical (unpaired) electrons. The van der Waals surface area contributed by atoms with E-state index >= 15 is 0 Å². The average Bonchev–Trinajstić information content (AvgIpc) is 2.91. The van der Waals surface area contributed by atoms with E-state index in [0.717, 1.165) is 83.6 Å². The van der Waals surface area contributed by atoms with Crippen molar-refractivity contribution in [2.45, 2.75) is 51.6 Å². The topological polar surface area (TPSA) is 58.1 Å². The molecule has 4 aromatic rings. The Morgan fingerprint density at radius 1 is 1.00 bits per heavy atom. The van der Waals surface area contributed by atoms with Gasteiger partial charge in [0.15, 0.2) is 5.78 Å². The highest BCUT2D eigenvalue weighted by Gasteiger charge is 2.22. The van der Waals surface area contributed by atoms with Gasteiger partial charge in [0.1, 0.15) is 0 Å². The third kappa shape index (κ3) is 5.11. The summed E-state index contributed by atoms with van der Waals surface area (Å²) in [5.41, 5.74) is 7.31. The van der Waals surface area contributed by atoms with Gasteiger partial charge in [0, 0.05) is 48.1 Å². The van der Waals surface area contributed by atoms with Gasteiger partial charge in [-0.15, -0.1) is 0 Å². The predicted molar refractivity (Wildman–Crippen MR) is 150 cm³/mol. The van der Waals surface area contributed by atoms with Crippen molar-refractivity contribution in [3.8, 4) is 11.1 Å². The third-order valence-corrected chi connectivity index (χ3v) is 7.97. The van der Waals surface area contributed by atoms with Gasteiger partial charge in [0.05, 0.1) is 11.2 Å². The number of nitrogens with zero attached hydrogens (tertiary/aromatic N) is 3. The van der Waals surface area contributed by atoms with Gasteiger partial charge in [-0.05, 0) is 79.1 Å². The molecule has 6 rings (SSSR count). The standard InChI is InChI=1S/C31H31ClN4O/c1-20-27-18-23(26-6-2-4-22-5-3-7-29(37)30(22)26)10-13-28(27)35-31(33-20)34-25-14-16-36(17-15-25)19-21-8-11-24(32)12-9-21/h2,4,6,8-13,18,25H,3,5,7,14-17,19H2,1H3,(H,33,34,35). The zero-order valence-electron chi connectivity index (χ0n) is 21.1. The minimum Gasteiger partial charge on any atom is -0.351 e. The quantitative estimate of drug-likeness (QED) is 0.318. The van der Waals surface area contributed by atoms with E-state index in [1.54, 1.807) is 0 Å². The van der Waals surface area contributed by atoms with Gasteiger partial charge in [-0.2, -0.15) is 0 Å². The van der Waals surface area contributed by atoms with E-state index in [1.165, 1.54) is 11.1 Å². The summed E-state index contributed by atoms with van der Waals surface area (Å²) in [6.07, 6.45) is 4.66. The fraction of sp³-hybridized carbons (Fsp3) is 0.323. The second-order valence-corrected chi connectivity index (χ2v) is 10.7. The van der Waals surface area contributed by atoms with Gasteiger partial charge >= 0.3 is 0 Å². The number of halogens is 1. The number of benzene rings is 3. The molecule has 0 amide bonds. The number of carbonyl (C=O) groups excluding carboxylic acids is 1. The Labute approximate surface area is 222 Å². The highest BCUT2D eigenvalue weighted by Crippen LogP contribution is 2.33. The van der Waals surface area contributed by atoms with E-state index in [9.17, 15) is 4.79 Å². The molecular weight excluding hydrogens is 480 g/mol. The lowest BCUT2D eigenvalue weighted by Crippen LogP contribution is -2.39. The number of carbonyl (C=O) groups is 1. The van der Waals surface area contributed by atoms with E-state index in [1.807, 2.05) is 19.1 Å². The van der Waals surface area contributed by atoms with Crippen molar-refractivity contribution < 1.29 is 4.79 Å². The first-order valence-corrected chi connectivity index (χ1v) is 13.6. The Kier molecular flexibility index (Phi) is 6.66. The van der Waals surface area contributed by atoms with E-state index in [2.05, 4.69) is 58.7 Å². The highest BCUT2D eigenvalue weighted by molar-refractivity contribution is 6.30. The van der Waals surface area contributed by atoms with Crippen LogP contribution in [0, 0.1) is 6.92 Å². The fourth-order valence-electron chi connectivity index (χ4n) is 5.72. The van der Waals surface area contributed by atoms with Crippen molar-refractivity contribution >= 4 is 34.2 Å². The second-order valence-electron chi connectivity index (χ2n) is 10.3. The van der Waals surface area contributed by atoms with Crippen LogP contribution < -0.4 is 5.32 Å². The predicted octanol–water partition coefficient (Wildman–Crippen LogP) is 6.85. The van der Waals surface area contributed by atoms with Crippen molar-refractivity contribution in [1.29, 1.82) is 0 Å². The summed E-state index contributed by atoms with van der Waals surface area (Å²) < 4.78 is 0. The summed E-state index contributed by atoms with van der Waals surface area (Å²) in [5.74, 6) is 0.949. The van der Waals surface area contributed by atoms with Crippen molar-refractivity contribution in [2.24, 2.45) is 0 Å². The number of Topliss-reactive ketones (excluding diaryl/α,β-unsaturated/α-hetero) is 1. The number of fused-ring (bicyclic) bond motifs is 2. The molecule has 1 fully saturated rings. The molecule has 0 unspecified atom stereocenters. The fourth-order valence-corrected chi connectivity index (χ4v) is 5.85. The van der Waals surface area contributed by atoms with Crippen molar-refractivity contribution in [2.75, 3.05) is 18.4 Å². The van der Waals surface area contributed by atoms with Crippen LogP contribution in [0.3, 0.4) is 0 Å². The minimum absolute atomic E-state index is 0.253. The Morgan fingerprint density at radius 3 is 2.62 bits per heavy atom. The molecule has 188 valence electrons. The molecule has 37 heavy (non-hydrogen) atoms. The van der Waals surface area contributed by atoms with Crippen LogP contribution in [0.1, 0.15) is 52.9 Å². The maximum absolute atomic E-state index is 12.7. The summed E-state index contributed by atoms with van der Waals surface area (Å²) in [7, 11) is 0. The number of aryl methyl sites for hydroxylation is 2. The van der Waals surface area contributed by atoms with Crippen LogP contribution in [0.5, 0.6) is 0 Å². The lowest BCUT2D eigenvalue weighted by atomic mass is 9.85. The second kappa shape index (κ2) is 10.2. The number of piperidine rings is 1. The summed E-state index contributed by atoms with van der Waals surface area (Å²) in [5, 5.41) is 5.40. The number of likely N-dealkylation sites (tertiary alicyclic amines) is 1. The van der Waals surface area contributed by atoms with Gasteiger partial charge in [0.2, 0.25) is 5.95 Å². The molecule has 2 heterocycles. The van der Waals surface area contributed by atoms with Gasteiger partial charge in [-0.25, -0.2) is 9.97 Å². The van der Waals surface area contributed by atoms with Crippen LogP contribution in [0.15, 0.2) is 60.7 Å². The number of aromatic nitrogens is 2. The van der Waals surface area contributed by atoms with Crippen molar-refractivity contribution in [1.82, 2.24) is 14.9 Å². The number of nitrogens with one attached hydrogen (secondary N) is 1. The molecule has 1 N–H and O–H groups in total. The van der Waals surface area contributed by atoms with Crippen LogP contribution in [0.2, 0.25) is 5.02 Å². The first-order valence-electron chi connectivity index (χ1n) is 13.2. The molecule has 1 aliphatic carbocycles. The molecule has 2 aliphatic rings. The molecule has 0 atom stereocenters. The number of ketones is 1. The lowest BCUT2D eigenvalue weighted by Gasteiger charge is -2.32. The average molecular weight is 511 g/mol. The molecule has 1 aliphatic heterocycles. The summed E-state index contributed by atoms with van der Waals surface area (Å²) in [6.45, 7) is 5.07. The van der Waals surface area contributed by atoms with Crippen LogP contribution >= 0.6 is 11.6 Å². The van der Waals surface area contributed by atoms with Crippen LogP contribution in [-0.4, -0.2) is 39.8 Å². The van der Waals surface area contributed by atoms with Gasteiger partial charge < -0.3 is 5.32 Å². The maximum Gasteiger partial charge on any atom is 0.223 e. The Hall–Kier alpha value is -3.28. The maximum atomic E-state index is 12.7. The number of rotatable bonds is 5. The molecule has 1 aromatic heterocycles. The Bertz CT molecular complexity index is 1460. The van der Waals surface area contributed by atoms with Crippen LogP contribution in [0.4, 0.5) is 5.95 Å².